The maximum atomic E-state index is 5.85. The van der Waals surface area contributed by atoms with Crippen molar-refractivity contribution in [1.82, 2.24) is 10.1 Å². The molecule has 4 rings (SSSR count). The van der Waals surface area contributed by atoms with Gasteiger partial charge in [0, 0.05) is 20.1 Å². The van der Waals surface area contributed by atoms with E-state index in [4.69, 9.17) is 14.0 Å². The van der Waals surface area contributed by atoms with Crippen LogP contribution in [0.3, 0.4) is 0 Å². The Balaban J connectivity index is 1.61. The molecule has 0 bridgehead atoms. The summed E-state index contributed by atoms with van der Waals surface area (Å²) in [7, 11) is 2.06. The Bertz CT molecular complexity index is 700. The summed E-state index contributed by atoms with van der Waals surface area (Å²) in [6.45, 7) is 4.47. The van der Waals surface area contributed by atoms with E-state index in [1.165, 1.54) is 0 Å². The molecule has 122 valence electrons. The number of nitrogens with zero attached hydrogens (tertiary/aromatic N) is 3. The Morgan fingerprint density at radius 1 is 1.30 bits per heavy atom. The van der Waals surface area contributed by atoms with Gasteiger partial charge in [0.1, 0.15) is 6.61 Å². The van der Waals surface area contributed by atoms with Crippen LogP contribution < -0.4 is 9.64 Å². The third-order valence-electron chi connectivity index (χ3n) is 4.76. The van der Waals surface area contributed by atoms with E-state index in [0.717, 1.165) is 48.8 Å². The van der Waals surface area contributed by atoms with Gasteiger partial charge < -0.3 is 18.9 Å². The van der Waals surface area contributed by atoms with Crippen LogP contribution >= 0.6 is 0 Å². The van der Waals surface area contributed by atoms with Crippen LogP contribution in [0.5, 0.6) is 5.75 Å². The molecule has 0 aliphatic carbocycles. The van der Waals surface area contributed by atoms with Gasteiger partial charge in [-0.3, -0.25) is 0 Å². The molecule has 2 unspecified atom stereocenters. The Morgan fingerprint density at radius 2 is 2.22 bits per heavy atom. The molecule has 1 saturated heterocycles. The van der Waals surface area contributed by atoms with Crippen molar-refractivity contribution in [3.8, 4) is 17.2 Å². The predicted molar refractivity (Wildman–Crippen MR) is 85.7 cm³/mol. The minimum absolute atomic E-state index is 0.262. The minimum Gasteiger partial charge on any atom is -0.489 e. The van der Waals surface area contributed by atoms with Crippen molar-refractivity contribution >= 4 is 5.69 Å². The second-order valence-electron chi connectivity index (χ2n) is 6.27. The normalized spacial score (nSPS) is 23.7. The maximum Gasteiger partial charge on any atom is 0.261 e. The van der Waals surface area contributed by atoms with Gasteiger partial charge in [-0.05, 0) is 31.4 Å². The topological polar surface area (TPSA) is 60.6 Å². The highest BCUT2D eigenvalue weighted by Crippen LogP contribution is 2.39. The van der Waals surface area contributed by atoms with Gasteiger partial charge in [-0.15, -0.1) is 0 Å². The zero-order valence-corrected chi connectivity index (χ0v) is 13.5. The SMILES string of the molecule is CC1OCCC1Cc1noc(-c2cccc3c2OCCN3C)n1. The number of likely N-dealkylation sites (N-methyl/N-ethyl adjacent to an activating group) is 1. The molecule has 2 aliphatic rings. The summed E-state index contributed by atoms with van der Waals surface area (Å²) in [5.74, 6) is 2.56. The van der Waals surface area contributed by atoms with E-state index in [1.54, 1.807) is 0 Å². The molecule has 1 fully saturated rings. The van der Waals surface area contributed by atoms with Crippen LogP contribution in [0.25, 0.3) is 11.5 Å². The first-order valence-electron chi connectivity index (χ1n) is 8.14. The van der Waals surface area contributed by atoms with Crippen LogP contribution in [-0.4, -0.2) is 43.1 Å². The molecule has 0 N–H and O–H groups in total. The summed E-state index contributed by atoms with van der Waals surface area (Å²) in [5.41, 5.74) is 1.93. The lowest BCUT2D eigenvalue weighted by atomic mass is 9.98. The highest BCUT2D eigenvalue weighted by atomic mass is 16.5. The van der Waals surface area contributed by atoms with Crippen molar-refractivity contribution in [1.29, 1.82) is 0 Å². The number of hydrogen-bond donors (Lipinski definition) is 0. The molecule has 3 heterocycles. The van der Waals surface area contributed by atoms with E-state index in [1.807, 2.05) is 18.2 Å². The zero-order valence-electron chi connectivity index (χ0n) is 13.5. The van der Waals surface area contributed by atoms with E-state index < -0.39 is 0 Å². The van der Waals surface area contributed by atoms with E-state index in [9.17, 15) is 0 Å². The maximum absolute atomic E-state index is 5.85. The second kappa shape index (κ2) is 5.85. The molecule has 2 aromatic rings. The van der Waals surface area contributed by atoms with Crippen LogP contribution in [-0.2, 0) is 11.2 Å². The van der Waals surface area contributed by atoms with Gasteiger partial charge in [0.05, 0.1) is 23.9 Å². The van der Waals surface area contributed by atoms with Crippen LogP contribution in [0.15, 0.2) is 22.7 Å². The highest BCUT2D eigenvalue weighted by Gasteiger charge is 2.27. The molecule has 23 heavy (non-hydrogen) atoms. The van der Waals surface area contributed by atoms with Gasteiger partial charge >= 0.3 is 0 Å². The van der Waals surface area contributed by atoms with Crippen molar-refractivity contribution < 1.29 is 14.0 Å². The highest BCUT2D eigenvalue weighted by molar-refractivity contribution is 5.75. The molecule has 6 nitrogen and oxygen atoms in total. The molecular weight excluding hydrogens is 294 g/mol. The average molecular weight is 315 g/mol. The molecule has 2 atom stereocenters. The minimum atomic E-state index is 0.262. The summed E-state index contributed by atoms with van der Waals surface area (Å²) < 4.78 is 17.0. The van der Waals surface area contributed by atoms with Gasteiger partial charge in [-0.2, -0.15) is 4.98 Å². The molecule has 1 aromatic carbocycles. The molecule has 0 amide bonds. The van der Waals surface area contributed by atoms with Gasteiger partial charge in [-0.1, -0.05) is 11.2 Å². The fraction of sp³-hybridized carbons (Fsp3) is 0.529. The summed E-state index contributed by atoms with van der Waals surface area (Å²) in [6, 6.07) is 6.01. The van der Waals surface area contributed by atoms with Gasteiger partial charge in [-0.25, -0.2) is 0 Å². The Labute approximate surface area is 135 Å². The van der Waals surface area contributed by atoms with E-state index >= 15 is 0 Å². The number of hydrogen-bond acceptors (Lipinski definition) is 6. The lowest BCUT2D eigenvalue weighted by molar-refractivity contribution is 0.105. The second-order valence-corrected chi connectivity index (χ2v) is 6.27. The number of anilines is 1. The lowest BCUT2D eigenvalue weighted by Crippen LogP contribution is -2.28. The van der Waals surface area contributed by atoms with Crippen LogP contribution in [0.4, 0.5) is 5.69 Å². The quantitative estimate of drug-likeness (QED) is 0.867. The van der Waals surface area contributed by atoms with Crippen molar-refractivity contribution in [2.45, 2.75) is 25.9 Å². The third kappa shape index (κ3) is 2.67. The van der Waals surface area contributed by atoms with Crippen LogP contribution in [0.2, 0.25) is 0 Å². The van der Waals surface area contributed by atoms with Gasteiger partial charge in [0.15, 0.2) is 11.6 Å². The summed E-state index contributed by atoms with van der Waals surface area (Å²) in [4.78, 5) is 6.76. The number of aromatic nitrogens is 2. The van der Waals surface area contributed by atoms with Gasteiger partial charge in [0.25, 0.3) is 5.89 Å². The molecule has 6 heteroatoms. The van der Waals surface area contributed by atoms with Crippen LogP contribution in [0.1, 0.15) is 19.2 Å². The van der Waals surface area contributed by atoms with Crippen molar-refractivity contribution in [3.63, 3.8) is 0 Å². The van der Waals surface area contributed by atoms with Crippen LogP contribution in [0, 0.1) is 5.92 Å². The number of rotatable bonds is 3. The molecule has 1 aromatic heterocycles. The fourth-order valence-corrected chi connectivity index (χ4v) is 3.28. The summed E-state index contributed by atoms with van der Waals surface area (Å²) >= 11 is 0. The standard InChI is InChI=1S/C17H21N3O3/c1-11-12(6-8-21-11)10-15-18-17(23-19-15)13-4-3-5-14-16(13)22-9-7-20(14)2/h3-5,11-12H,6-10H2,1-2H3. The number of ether oxygens (including phenoxy) is 2. The smallest absolute Gasteiger partial charge is 0.261 e. The van der Waals surface area contributed by atoms with Crippen molar-refractivity contribution in [2.24, 2.45) is 5.92 Å². The third-order valence-corrected chi connectivity index (χ3v) is 4.76. The molecule has 0 radical (unpaired) electrons. The largest absolute Gasteiger partial charge is 0.489 e. The monoisotopic (exact) mass is 315 g/mol. The number of benzene rings is 1. The average Bonchev–Trinajstić information content (AvgIpc) is 3.18. The number of fused-ring (bicyclic) bond motifs is 1. The van der Waals surface area contributed by atoms with Gasteiger partial charge in [0.2, 0.25) is 0 Å². The molecular formula is C17H21N3O3. The number of para-hydroxylation sites is 1. The predicted octanol–water partition coefficient (Wildman–Crippen LogP) is 2.53. The van der Waals surface area contributed by atoms with E-state index in [-0.39, 0.29) is 6.10 Å². The molecule has 0 saturated carbocycles. The molecule has 0 spiro atoms. The first-order valence-corrected chi connectivity index (χ1v) is 8.14. The molecule has 2 aliphatic heterocycles. The lowest BCUT2D eigenvalue weighted by Gasteiger charge is -2.28. The first kappa shape index (κ1) is 14.5. The Morgan fingerprint density at radius 3 is 3.04 bits per heavy atom. The first-order chi connectivity index (χ1) is 11.2. The van der Waals surface area contributed by atoms with E-state index in [0.29, 0.717) is 18.4 Å². The summed E-state index contributed by atoms with van der Waals surface area (Å²) in [5, 5.41) is 4.15. The Hall–Kier alpha value is -2.08. The van der Waals surface area contributed by atoms with Crippen molar-refractivity contribution in [2.75, 3.05) is 31.7 Å². The summed E-state index contributed by atoms with van der Waals surface area (Å²) in [6.07, 6.45) is 2.11. The fourth-order valence-electron chi connectivity index (χ4n) is 3.28. The zero-order chi connectivity index (χ0) is 15.8. The van der Waals surface area contributed by atoms with Crippen molar-refractivity contribution in [3.05, 3.63) is 24.0 Å². The Kier molecular flexibility index (Phi) is 3.69. The van der Waals surface area contributed by atoms with E-state index in [2.05, 4.69) is 29.0 Å².